The van der Waals surface area contributed by atoms with E-state index in [1.165, 1.54) is 16.3 Å². The number of carbonyl (C=O) groups is 1. The van der Waals surface area contributed by atoms with Crippen LogP contribution >= 0.6 is 0 Å². The largest absolute Gasteiger partial charge is 0.357 e. The molecule has 3 heteroatoms. The molecule has 0 aliphatic heterocycles. The molecule has 1 heterocycles. The number of carbonyl (C=O) groups excluding carboxylic acids is 1. The Bertz CT molecular complexity index is 717. The van der Waals surface area contributed by atoms with Gasteiger partial charge in [-0.2, -0.15) is 0 Å². The minimum absolute atomic E-state index is 0.0595. The molecule has 0 radical (unpaired) electrons. The smallest absolute Gasteiger partial charge is 0.267 e. The zero-order valence-corrected chi connectivity index (χ0v) is 11.1. The van der Waals surface area contributed by atoms with E-state index < -0.39 is 0 Å². The van der Waals surface area contributed by atoms with Gasteiger partial charge in [-0.3, -0.25) is 4.79 Å². The molecular formula is C17H16N2O. The van der Waals surface area contributed by atoms with Gasteiger partial charge < -0.3 is 10.3 Å². The predicted molar refractivity (Wildman–Crippen MR) is 80.8 cm³/mol. The lowest BCUT2D eigenvalue weighted by molar-refractivity contribution is 0.0950. The Hall–Kier alpha value is -2.55. The van der Waals surface area contributed by atoms with Crippen LogP contribution in [0, 0.1) is 0 Å². The van der Waals surface area contributed by atoms with E-state index in [1.54, 1.807) is 12.3 Å². The van der Waals surface area contributed by atoms with Gasteiger partial charge >= 0.3 is 0 Å². The SMILES string of the molecule is O=C(NCCc1ccc2ccccc2c1)c1ccc[nH]1. The highest BCUT2D eigenvalue weighted by atomic mass is 16.1. The van der Waals surface area contributed by atoms with Gasteiger partial charge in [0.1, 0.15) is 5.69 Å². The van der Waals surface area contributed by atoms with Crippen molar-refractivity contribution >= 4 is 16.7 Å². The average Bonchev–Trinajstić information content (AvgIpc) is 3.01. The number of aromatic amines is 1. The minimum Gasteiger partial charge on any atom is -0.357 e. The average molecular weight is 264 g/mol. The minimum atomic E-state index is -0.0595. The molecule has 0 atom stereocenters. The first-order valence-electron chi connectivity index (χ1n) is 6.72. The summed E-state index contributed by atoms with van der Waals surface area (Å²) in [6.45, 7) is 0.635. The summed E-state index contributed by atoms with van der Waals surface area (Å²) in [6.07, 6.45) is 2.58. The van der Waals surface area contributed by atoms with Gasteiger partial charge in [-0.1, -0.05) is 42.5 Å². The fraction of sp³-hybridized carbons (Fsp3) is 0.118. The molecule has 0 saturated carbocycles. The van der Waals surface area contributed by atoms with Crippen molar-refractivity contribution in [2.45, 2.75) is 6.42 Å². The standard InChI is InChI=1S/C17H16N2O/c20-17(16-6-3-10-18-16)19-11-9-13-7-8-14-4-1-2-5-15(14)12-13/h1-8,10,12,18H,9,11H2,(H,19,20). The Labute approximate surface area is 117 Å². The summed E-state index contributed by atoms with van der Waals surface area (Å²) in [4.78, 5) is 14.7. The number of nitrogens with one attached hydrogen (secondary N) is 2. The molecule has 0 unspecified atom stereocenters. The zero-order chi connectivity index (χ0) is 13.8. The molecule has 0 bridgehead atoms. The highest BCUT2D eigenvalue weighted by Crippen LogP contribution is 2.15. The second-order valence-electron chi connectivity index (χ2n) is 4.77. The normalized spacial score (nSPS) is 10.6. The van der Waals surface area contributed by atoms with Gasteiger partial charge in [-0.15, -0.1) is 0 Å². The maximum atomic E-state index is 11.8. The number of rotatable bonds is 4. The number of hydrogen-bond donors (Lipinski definition) is 2. The second-order valence-corrected chi connectivity index (χ2v) is 4.77. The molecule has 20 heavy (non-hydrogen) atoms. The van der Waals surface area contributed by atoms with Gasteiger partial charge in [0.15, 0.2) is 0 Å². The first-order chi connectivity index (χ1) is 9.83. The molecule has 1 aromatic heterocycles. The van der Waals surface area contributed by atoms with E-state index in [0.717, 1.165) is 6.42 Å². The summed E-state index contributed by atoms with van der Waals surface area (Å²) in [5.41, 5.74) is 1.83. The molecule has 0 fully saturated rings. The molecule has 100 valence electrons. The molecule has 0 saturated heterocycles. The topological polar surface area (TPSA) is 44.9 Å². The summed E-state index contributed by atoms with van der Waals surface area (Å²) in [5.74, 6) is -0.0595. The van der Waals surface area contributed by atoms with Crippen molar-refractivity contribution in [3.05, 3.63) is 72.1 Å². The number of fused-ring (bicyclic) bond motifs is 1. The van der Waals surface area contributed by atoms with Crippen molar-refractivity contribution in [3.63, 3.8) is 0 Å². The molecule has 2 N–H and O–H groups in total. The third-order valence-electron chi connectivity index (χ3n) is 3.36. The lowest BCUT2D eigenvalue weighted by Crippen LogP contribution is -2.25. The van der Waals surface area contributed by atoms with Crippen molar-refractivity contribution in [2.24, 2.45) is 0 Å². The van der Waals surface area contributed by atoms with Crippen molar-refractivity contribution < 1.29 is 4.79 Å². The van der Waals surface area contributed by atoms with Crippen LogP contribution in [0.15, 0.2) is 60.8 Å². The molecule has 3 rings (SSSR count). The fourth-order valence-electron chi connectivity index (χ4n) is 2.28. The van der Waals surface area contributed by atoms with Gasteiger partial charge in [0.05, 0.1) is 0 Å². The molecule has 3 nitrogen and oxygen atoms in total. The Morgan fingerprint density at radius 3 is 2.65 bits per heavy atom. The van der Waals surface area contributed by atoms with Crippen LogP contribution in [-0.2, 0) is 6.42 Å². The lowest BCUT2D eigenvalue weighted by atomic mass is 10.1. The highest BCUT2D eigenvalue weighted by molar-refractivity contribution is 5.92. The van der Waals surface area contributed by atoms with Crippen molar-refractivity contribution in [2.75, 3.05) is 6.54 Å². The first kappa shape index (κ1) is 12.5. The van der Waals surface area contributed by atoms with Crippen LogP contribution in [0.5, 0.6) is 0 Å². The monoisotopic (exact) mass is 264 g/mol. The second kappa shape index (κ2) is 5.61. The zero-order valence-electron chi connectivity index (χ0n) is 11.1. The third kappa shape index (κ3) is 2.72. The molecular weight excluding hydrogens is 248 g/mol. The highest BCUT2D eigenvalue weighted by Gasteiger charge is 2.04. The molecule has 3 aromatic rings. The quantitative estimate of drug-likeness (QED) is 0.747. The van der Waals surface area contributed by atoms with Crippen molar-refractivity contribution in [3.8, 4) is 0 Å². The van der Waals surface area contributed by atoms with E-state index in [0.29, 0.717) is 12.2 Å². The van der Waals surface area contributed by atoms with Crippen LogP contribution in [0.2, 0.25) is 0 Å². The molecule has 0 aliphatic rings. The number of H-pyrrole nitrogens is 1. The molecule has 1 amide bonds. The molecule has 0 spiro atoms. The lowest BCUT2D eigenvalue weighted by Gasteiger charge is -2.05. The van der Waals surface area contributed by atoms with E-state index in [1.807, 2.05) is 18.2 Å². The van der Waals surface area contributed by atoms with Crippen LogP contribution in [0.3, 0.4) is 0 Å². The van der Waals surface area contributed by atoms with Crippen LogP contribution in [0.25, 0.3) is 10.8 Å². The fourth-order valence-corrected chi connectivity index (χ4v) is 2.28. The van der Waals surface area contributed by atoms with Gasteiger partial charge in [0, 0.05) is 12.7 Å². The predicted octanol–water partition coefficient (Wildman–Crippen LogP) is 3.14. The summed E-state index contributed by atoms with van der Waals surface area (Å²) in [6, 6.07) is 18.3. The Kier molecular flexibility index (Phi) is 3.50. The molecule has 2 aromatic carbocycles. The van der Waals surface area contributed by atoms with Crippen LogP contribution in [0.4, 0.5) is 0 Å². The summed E-state index contributed by atoms with van der Waals surface area (Å²) >= 11 is 0. The maximum absolute atomic E-state index is 11.8. The summed E-state index contributed by atoms with van der Waals surface area (Å²) < 4.78 is 0. The van der Waals surface area contributed by atoms with E-state index in [9.17, 15) is 4.79 Å². The number of benzene rings is 2. The van der Waals surface area contributed by atoms with E-state index >= 15 is 0 Å². The third-order valence-corrected chi connectivity index (χ3v) is 3.36. The Balaban J connectivity index is 1.61. The Morgan fingerprint density at radius 2 is 1.85 bits per heavy atom. The van der Waals surface area contributed by atoms with Gasteiger partial charge in [-0.05, 0) is 34.9 Å². The number of hydrogen-bond acceptors (Lipinski definition) is 1. The van der Waals surface area contributed by atoms with Crippen LogP contribution in [-0.4, -0.2) is 17.4 Å². The number of aromatic nitrogens is 1. The maximum Gasteiger partial charge on any atom is 0.267 e. The van der Waals surface area contributed by atoms with E-state index in [-0.39, 0.29) is 5.91 Å². The van der Waals surface area contributed by atoms with Gasteiger partial charge in [0.2, 0.25) is 0 Å². The van der Waals surface area contributed by atoms with E-state index in [4.69, 9.17) is 0 Å². The molecule has 0 aliphatic carbocycles. The first-order valence-corrected chi connectivity index (χ1v) is 6.72. The van der Waals surface area contributed by atoms with Gasteiger partial charge in [-0.25, -0.2) is 0 Å². The van der Waals surface area contributed by atoms with E-state index in [2.05, 4.69) is 40.6 Å². The van der Waals surface area contributed by atoms with Crippen molar-refractivity contribution in [1.29, 1.82) is 0 Å². The number of amides is 1. The van der Waals surface area contributed by atoms with Crippen LogP contribution < -0.4 is 5.32 Å². The van der Waals surface area contributed by atoms with Crippen molar-refractivity contribution in [1.82, 2.24) is 10.3 Å². The van der Waals surface area contributed by atoms with Gasteiger partial charge in [0.25, 0.3) is 5.91 Å². The van der Waals surface area contributed by atoms with Crippen LogP contribution in [0.1, 0.15) is 16.1 Å². The Morgan fingerprint density at radius 1 is 1.00 bits per heavy atom. The summed E-state index contributed by atoms with van der Waals surface area (Å²) in [7, 11) is 0. The summed E-state index contributed by atoms with van der Waals surface area (Å²) in [5, 5.41) is 5.39.